The van der Waals surface area contributed by atoms with Crippen molar-refractivity contribution in [3.05, 3.63) is 0 Å². The van der Waals surface area contributed by atoms with Crippen molar-refractivity contribution in [3.8, 4) is 0 Å². The van der Waals surface area contributed by atoms with Gasteiger partial charge in [-0.15, -0.1) is 0 Å². The van der Waals surface area contributed by atoms with Crippen molar-refractivity contribution in [2.45, 2.75) is 44.4 Å². The van der Waals surface area contributed by atoms with E-state index in [9.17, 15) is 8.42 Å². The first-order valence-electron chi connectivity index (χ1n) is 5.05. The van der Waals surface area contributed by atoms with Crippen LogP contribution in [0.25, 0.3) is 0 Å². The second-order valence-corrected chi connectivity index (χ2v) is 7.24. The Hall–Kier alpha value is -0.130. The highest BCUT2D eigenvalue weighted by Gasteiger charge is 2.31. The summed E-state index contributed by atoms with van der Waals surface area (Å²) in [7, 11) is -3.19. The van der Waals surface area contributed by atoms with Crippen molar-refractivity contribution < 1.29 is 8.42 Å². The van der Waals surface area contributed by atoms with E-state index in [1.807, 2.05) is 0 Å². The summed E-state index contributed by atoms with van der Waals surface area (Å²) in [5.74, 6) is 0. The summed E-state index contributed by atoms with van der Waals surface area (Å²) in [6.07, 6.45) is 1.97. The van der Waals surface area contributed by atoms with Crippen LogP contribution in [0.4, 0.5) is 0 Å². The lowest BCUT2D eigenvalue weighted by molar-refractivity contribution is 0.423. The molecule has 0 amide bonds. The molecule has 0 saturated carbocycles. The predicted molar refractivity (Wildman–Crippen MR) is 57.7 cm³/mol. The molecule has 5 heteroatoms. The highest BCUT2D eigenvalue weighted by molar-refractivity contribution is 7.90. The highest BCUT2D eigenvalue weighted by atomic mass is 32.2. The molecule has 0 unspecified atom stereocenters. The fourth-order valence-corrected chi connectivity index (χ4v) is 2.34. The lowest BCUT2D eigenvalue weighted by Gasteiger charge is -2.28. The van der Waals surface area contributed by atoms with E-state index in [2.05, 4.69) is 10.0 Å². The summed E-state index contributed by atoms with van der Waals surface area (Å²) in [5, 5.41) is 3.18. The lowest BCUT2D eigenvalue weighted by Crippen LogP contribution is -2.50. The van der Waals surface area contributed by atoms with Gasteiger partial charge in [0.1, 0.15) is 0 Å². The molecule has 1 aliphatic rings. The van der Waals surface area contributed by atoms with Crippen molar-refractivity contribution in [2.75, 3.05) is 13.1 Å². The molecule has 0 bridgehead atoms. The third-order valence-corrected chi connectivity index (χ3v) is 4.68. The smallest absolute Gasteiger partial charge is 0.216 e. The minimum Gasteiger partial charge on any atom is -0.315 e. The van der Waals surface area contributed by atoms with Crippen molar-refractivity contribution in [1.82, 2.24) is 10.0 Å². The van der Waals surface area contributed by atoms with Crippen molar-refractivity contribution in [3.63, 3.8) is 0 Å². The third-order valence-electron chi connectivity index (χ3n) is 2.42. The largest absolute Gasteiger partial charge is 0.315 e. The molecular weight excluding hydrogens is 200 g/mol. The summed E-state index contributed by atoms with van der Waals surface area (Å²) in [5.41, 5.74) is 0. The molecule has 1 saturated heterocycles. The molecule has 0 aromatic carbocycles. The molecule has 0 aromatic heterocycles. The molecule has 1 heterocycles. The van der Waals surface area contributed by atoms with Crippen LogP contribution >= 0.6 is 0 Å². The van der Waals surface area contributed by atoms with Crippen LogP contribution in [0.3, 0.4) is 0 Å². The summed E-state index contributed by atoms with van der Waals surface area (Å²) in [6, 6.07) is 0.0629. The molecule has 2 N–H and O–H groups in total. The van der Waals surface area contributed by atoms with Crippen LogP contribution in [0.1, 0.15) is 33.6 Å². The lowest BCUT2D eigenvalue weighted by atomic mass is 10.1. The van der Waals surface area contributed by atoms with Crippen LogP contribution < -0.4 is 10.0 Å². The second-order valence-electron chi connectivity index (χ2n) is 4.78. The Kier molecular flexibility index (Phi) is 3.55. The Morgan fingerprint density at radius 3 is 2.43 bits per heavy atom. The summed E-state index contributed by atoms with van der Waals surface area (Å²) in [6.45, 7) is 6.88. The molecular formula is C9H20N2O2S. The van der Waals surface area contributed by atoms with E-state index in [4.69, 9.17) is 0 Å². The van der Waals surface area contributed by atoms with E-state index in [1.165, 1.54) is 0 Å². The van der Waals surface area contributed by atoms with E-state index in [0.29, 0.717) is 0 Å². The fraction of sp³-hybridized carbons (Fsp3) is 1.00. The van der Waals surface area contributed by atoms with Crippen LogP contribution in [0.5, 0.6) is 0 Å². The number of piperidine rings is 1. The number of sulfonamides is 1. The molecule has 14 heavy (non-hydrogen) atoms. The number of hydrogen-bond acceptors (Lipinski definition) is 3. The molecule has 1 aliphatic heterocycles. The minimum absolute atomic E-state index is 0.0629. The summed E-state index contributed by atoms with van der Waals surface area (Å²) in [4.78, 5) is 0. The average Bonchev–Trinajstić information content (AvgIpc) is 2.03. The maximum absolute atomic E-state index is 11.8. The fourth-order valence-electron chi connectivity index (χ4n) is 1.35. The molecule has 0 spiro atoms. The first-order chi connectivity index (χ1) is 6.33. The van der Waals surface area contributed by atoms with E-state index < -0.39 is 14.8 Å². The van der Waals surface area contributed by atoms with Gasteiger partial charge in [-0.3, -0.25) is 0 Å². The Labute approximate surface area is 86.5 Å². The predicted octanol–water partition coefficient (Wildman–Crippen LogP) is 0.456. The zero-order chi connectivity index (χ0) is 10.8. The van der Waals surface area contributed by atoms with Gasteiger partial charge >= 0.3 is 0 Å². The van der Waals surface area contributed by atoms with Gasteiger partial charge in [-0.1, -0.05) is 0 Å². The quantitative estimate of drug-likeness (QED) is 0.710. The first kappa shape index (κ1) is 11.9. The van der Waals surface area contributed by atoms with Gasteiger partial charge in [-0.05, 0) is 40.2 Å². The van der Waals surface area contributed by atoms with Gasteiger partial charge in [0.15, 0.2) is 0 Å². The van der Waals surface area contributed by atoms with Gasteiger partial charge < -0.3 is 5.32 Å². The van der Waals surface area contributed by atoms with Crippen LogP contribution in [0.15, 0.2) is 0 Å². The van der Waals surface area contributed by atoms with Gasteiger partial charge in [0.2, 0.25) is 10.0 Å². The maximum Gasteiger partial charge on any atom is 0.216 e. The summed E-state index contributed by atoms with van der Waals surface area (Å²) >= 11 is 0. The van der Waals surface area contributed by atoms with Crippen molar-refractivity contribution in [2.24, 2.45) is 0 Å². The highest BCUT2D eigenvalue weighted by Crippen LogP contribution is 2.15. The van der Waals surface area contributed by atoms with E-state index >= 15 is 0 Å². The number of nitrogens with one attached hydrogen (secondary N) is 2. The number of rotatable bonds is 2. The molecule has 0 radical (unpaired) electrons. The summed E-state index contributed by atoms with van der Waals surface area (Å²) < 4.78 is 25.6. The SMILES string of the molecule is CC(C)(C)S(=O)(=O)N[C@H]1CCCNC1. The van der Waals surface area contributed by atoms with Gasteiger partial charge in [-0.25, -0.2) is 13.1 Å². The van der Waals surface area contributed by atoms with Gasteiger partial charge in [-0.2, -0.15) is 0 Å². The Morgan fingerprint density at radius 1 is 1.36 bits per heavy atom. The van der Waals surface area contributed by atoms with Gasteiger partial charge in [0.25, 0.3) is 0 Å². The third kappa shape index (κ3) is 2.93. The van der Waals surface area contributed by atoms with E-state index in [0.717, 1.165) is 25.9 Å². The Morgan fingerprint density at radius 2 is 2.00 bits per heavy atom. The number of hydrogen-bond donors (Lipinski definition) is 2. The molecule has 4 nitrogen and oxygen atoms in total. The van der Waals surface area contributed by atoms with Crippen LogP contribution in [-0.4, -0.2) is 32.3 Å². The molecule has 1 fully saturated rings. The van der Waals surface area contributed by atoms with Crippen LogP contribution in [0, 0.1) is 0 Å². The Balaban J connectivity index is 2.58. The van der Waals surface area contributed by atoms with Crippen molar-refractivity contribution >= 4 is 10.0 Å². The van der Waals surface area contributed by atoms with Gasteiger partial charge in [0, 0.05) is 12.6 Å². The first-order valence-corrected chi connectivity index (χ1v) is 6.54. The standard InChI is InChI=1S/C9H20N2O2S/c1-9(2,3)14(12,13)11-8-5-4-6-10-7-8/h8,10-11H,4-7H2,1-3H3/t8-/m0/s1. The zero-order valence-corrected chi connectivity index (χ0v) is 9.95. The monoisotopic (exact) mass is 220 g/mol. The van der Waals surface area contributed by atoms with E-state index in [1.54, 1.807) is 20.8 Å². The maximum atomic E-state index is 11.8. The average molecular weight is 220 g/mol. The minimum atomic E-state index is -3.19. The van der Waals surface area contributed by atoms with E-state index in [-0.39, 0.29) is 6.04 Å². The normalized spacial score (nSPS) is 24.9. The molecule has 1 rings (SSSR count). The molecule has 1 atom stereocenters. The topological polar surface area (TPSA) is 58.2 Å². The van der Waals surface area contributed by atoms with Gasteiger partial charge in [0.05, 0.1) is 4.75 Å². The Bertz CT molecular complexity index is 274. The zero-order valence-electron chi connectivity index (χ0n) is 9.13. The second kappa shape index (κ2) is 4.16. The van der Waals surface area contributed by atoms with Crippen LogP contribution in [-0.2, 0) is 10.0 Å². The van der Waals surface area contributed by atoms with Crippen LogP contribution in [0.2, 0.25) is 0 Å². The molecule has 0 aromatic rings. The van der Waals surface area contributed by atoms with Crippen molar-refractivity contribution in [1.29, 1.82) is 0 Å². The molecule has 0 aliphatic carbocycles. The molecule has 84 valence electrons.